The number of nitrogens with one attached hydrogen (secondary N) is 1. The number of halogens is 3. The third kappa shape index (κ3) is 6.43. The van der Waals surface area contributed by atoms with Crippen LogP contribution in [-0.4, -0.2) is 60.5 Å². The zero-order chi connectivity index (χ0) is 29.1. The van der Waals surface area contributed by atoms with Crippen LogP contribution in [0.15, 0.2) is 43.2 Å². The Morgan fingerprint density at radius 3 is 2.76 bits per heavy atom. The summed E-state index contributed by atoms with van der Waals surface area (Å²) in [7, 11) is 0. The highest BCUT2D eigenvalue weighted by Gasteiger charge is 2.34. The zero-order valence-corrected chi connectivity index (χ0v) is 22.4. The molecule has 5 rings (SSSR count). The molecule has 0 bridgehead atoms. The molecule has 1 N–H and O–H groups in total. The van der Waals surface area contributed by atoms with Crippen molar-refractivity contribution in [3.63, 3.8) is 0 Å². The molecule has 1 aliphatic heterocycles. The zero-order valence-electron chi connectivity index (χ0n) is 22.4. The van der Waals surface area contributed by atoms with Gasteiger partial charge in [-0.25, -0.2) is 9.97 Å². The van der Waals surface area contributed by atoms with Crippen molar-refractivity contribution in [2.45, 2.75) is 58.2 Å². The number of pyridine rings is 1. The van der Waals surface area contributed by atoms with Crippen LogP contribution in [0.1, 0.15) is 59.5 Å². The van der Waals surface area contributed by atoms with Gasteiger partial charge in [0.25, 0.3) is 0 Å². The summed E-state index contributed by atoms with van der Waals surface area (Å²) < 4.78 is 53.2. The van der Waals surface area contributed by atoms with E-state index in [2.05, 4.69) is 25.4 Å². The lowest BCUT2D eigenvalue weighted by Gasteiger charge is -2.24. The number of nitrogens with zero attached hydrogens (tertiary/aromatic N) is 6. The van der Waals surface area contributed by atoms with Crippen LogP contribution in [0.2, 0.25) is 0 Å². The molecule has 0 spiro atoms. The van der Waals surface area contributed by atoms with E-state index in [1.165, 1.54) is 31.7 Å². The van der Waals surface area contributed by atoms with Crippen molar-refractivity contribution in [3.05, 3.63) is 65.8 Å². The number of carbonyl (C=O) groups excluding carboxylic acids is 2. The highest BCUT2D eigenvalue weighted by molar-refractivity contribution is 6.16. The molecule has 4 aromatic rings. The van der Waals surface area contributed by atoms with E-state index < -0.39 is 24.3 Å². The van der Waals surface area contributed by atoms with Gasteiger partial charge in [0.1, 0.15) is 18.5 Å². The van der Waals surface area contributed by atoms with Crippen molar-refractivity contribution in [2.75, 3.05) is 18.5 Å². The van der Waals surface area contributed by atoms with Gasteiger partial charge in [0, 0.05) is 41.8 Å². The molecule has 1 aliphatic rings. The van der Waals surface area contributed by atoms with Crippen LogP contribution >= 0.6 is 0 Å². The van der Waals surface area contributed by atoms with Crippen LogP contribution in [0.4, 0.5) is 18.9 Å². The summed E-state index contributed by atoms with van der Waals surface area (Å²) >= 11 is 0. The van der Waals surface area contributed by atoms with Gasteiger partial charge in [0.05, 0.1) is 30.1 Å². The van der Waals surface area contributed by atoms with Crippen molar-refractivity contribution >= 4 is 28.4 Å². The lowest BCUT2D eigenvalue weighted by atomic mass is 10.1. The number of amides is 1. The largest absolute Gasteiger partial charge is 0.435 e. The molecule has 0 unspecified atom stereocenters. The Hall–Kier alpha value is -4.17. The van der Waals surface area contributed by atoms with Gasteiger partial charge in [-0.2, -0.15) is 18.3 Å². The molecule has 216 valence electrons. The fraction of sp³-hybridized carbons (Fsp3) is 0.407. The lowest BCUT2D eigenvalue weighted by Crippen LogP contribution is -2.25. The number of anilines is 1. The van der Waals surface area contributed by atoms with Gasteiger partial charge >= 0.3 is 6.18 Å². The van der Waals surface area contributed by atoms with Gasteiger partial charge in [-0.15, -0.1) is 0 Å². The number of hydrogen-bond acceptors (Lipinski definition) is 8. The highest BCUT2D eigenvalue weighted by atomic mass is 19.4. The van der Waals surface area contributed by atoms with Gasteiger partial charge < -0.3 is 19.4 Å². The quantitative estimate of drug-likeness (QED) is 0.295. The number of fused-ring (bicyclic) bond motifs is 1. The van der Waals surface area contributed by atoms with Gasteiger partial charge in [-0.3, -0.25) is 19.3 Å². The fourth-order valence-electron chi connectivity index (χ4n) is 4.61. The Bertz CT molecular complexity index is 1560. The van der Waals surface area contributed by atoms with Crippen molar-refractivity contribution in [2.24, 2.45) is 0 Å². The molecule has 2 atom stereocenters. The third-order valence-electron chi connectivity index (χ3n) is 6.72. The molecule has 0 radical (unpaired) electrons. The Morgan fingerprint density at radius 2 is 2.02 bits per heavy atom. The average molecular weight is 572 g/mol. The summed E-state index contributed by atoms with van der Waals surface area (Å²) in [4.78, 5) is 38.7. The number of rotatable bonds is 9. The Balaban J connectivity index is 1.31. The topological polar surface area (TPSA) is 126 Å². The third-order valence-corrected chi connectivity index (χ3v) is 6.72. The molecular formula is C27H28F3N7O4. The second-order valence-electron chi connectivity index (χ2n) is 9.85. The predicted octanol–water partition coefficient (Wildman–Crippen LogP) is 4.32. The standard InChI is InChI=1S/C27H28F3N7O4/c1-16-7-22(27(28,29)30)35-37(16)13-23(38)34-19-8-18(9-31-10-19)25(39)21-12-36(26-20(21)11-32-15-33-26)17(2)14-41-24-5-3-4-6-40-24/h7-12,15,17,24H,3-6,13-14H2,1-2H3,(H,34,38)/t17-,24-/m1/s1. The monoisotopic (exact) mass is 571 g/mol. The van der Waals surface area contributed by atoms with Crippen molar-refractivity contribution in [3.8, 4) is 0 Å². The first-order valence-corrected chi connectivity index (χ1v) is 13.0. The van der Waals surface area contributed by atoms with Crippen LogP contribution in [-0.2, 0) is 27.0 Å². The maximum atomic E-state index is 13.6. The Labute approximate surface area is 232 Å². The molecule has 0 aromatic carbocycles. The van der Waals surface area contributed by atoms with E-state index in [9.17, 15) is 22.8 Å². The summed E-state index contributed by atoms with van der Waals surface area (Å²) in [5.74, 6) is -0.995. The number of aromatic nitrogens is 6. The van der Waals surface area contributed by atoms with Crippen LogP contribution in [0.5, 0.6) is 0 Å². The first-order chi connectivity index (χ1) is 19.6. The number of carbonyl (C=O) groups is 2. The number of hydrogen-bond donors (Lipinski definition) is 1. The molecule has 1 amide bonds. The Morgan fingerprint density at radius 1 is 1.20 bits per heavy atom. The molecule has 0 aliphatic carbocycles. The van der Waals surface area contributed by atoms with E-state index in [1.54, 1.807) is 12.4 Å². The molecule has 41 heavy (non-hydrogen) atoms. The summed E-state index contributed by atoms with van der Waals surface area (Å²) in [6.07, 6.45) is 5.40. The van der Waals surface area contributed by atoms with E-state index in [4.69, 9.17) is 9.47 Å². The molecule has 14 heteroatoms. The van der Waals surface area contributed by atoms with Gasteiger partial charge in [-0.1, -0.05) is 0 Å². The number of alkyl halides is 3. The van der Waals surface area contributed by atoms with E-state index in [1.807, 2.05) is 11.5 Å². The van der Waals surface area contributed by atoms with Crippen molar-refractivity contribution in [1.82, 2.24) is 29.3 Å². The van der Waals surface area contributed by atoms with Gasteiger partial charge in [0.2, 0.25) is 5.91 Å². The van der Waals surface area contributed by atoms with Gasteiger partial charge in [-0.05, 0) is 45.2 Å². The molecule has 1 saturated heterocycles. The molecular weight excluding hydrogens is 543 g/mol. The summed E-state index contributed by atoms with van der Waals surface area (Å²) in [5.41, 5.74) is 0.408. The maximum absolute atomic E-state index is 13.6. The van der Waals surface area contributed by atoms with Crippen molar-refractivity contribution < 1.29 is 32.2 Å². The van der Waals surface area contributed by atoms with Crippen LogP contribution < -0.4 is 5.32 Å². The summed E-state index contributed by atoms with van der Waals surface area (Å²) in [6.45, 7) is 3.96. The molecule has 1 fully saturated rings. The lowest BCUT2D eigenvalue weighted by molar-refractivity contribution is -0.166. The SMILES string of the molecule is Cc1cc(C(F)(F)F)nn1CC(=O)Nc1cncc(C(=O)c2cn([C@H](C)CO[C@@H]3CCCCO3)c3ncncc23)c1. The fourth-order valence-corrected chi connectivity index (χ4v) is 4.61. The first kappa shape index (κ1) is 28.4. The maximum Gasteiger partial charge on any atom is 0.435 e. The minimum atomic E-state index is -4.62. The molecule has 11 nitrogen and oxygen atoms in total. The van der Waals surface area contributed by atoms with Gasteiger partial charge in [0.15, 0.2) is 17.8 Å². The van der Waals surface area contributed by atoms with E-state index >= 15 is 0 Å². The minimum Gasteiger partial charge on any atom is -0.353 e. The van der Waals surface area contributed by atoms with E-state index in [0.717, 1.165) is 30.0 Å². The highest BCUT2D eigenvalue weighted by Crippen LogP contribution is 2.29. The minimum absolute atomic E-state index is 0.160. The number of ketones is 1. The smallest absolute Gasteiger partial charge is 0.353 e. The predicted molar refractivity (Wildman–Crippen MR) is 140 cm³/mol. The van der Waals surface area contributed by atoms with Crippen LogP contribution in [0.3, 0.4) is 0 Å². The first-order valence-electron chi connectivity index (χ1n) is 13.0. The van der Waals surface area contributed by atoms with E-state index in [0.29, 0.717) is 29.8 Å². The normalized spacial score (nSPS) is 16.6. The second kappa shape index (κ2) is 11.7. The van der Waals surface area contributed by atoms with Crippen molar-refractivity contribution in [1.29, 1.82) is 0 Å². The molecule has 5 heterocycles. The summed E-state index contributed by atoms with van der Waals surface area (Å²) in [5, 5.41) is 6.57. The second-order valence-corrected chi connectivity index (χ2v) is 9.85. The van der Waals surface area contributed by atoms with Crippen LogP contribution in [0.25, 0.3) is 11.0 Å². The number of aryl methyl sites for hydroxylation is 1. The molecule has 0 saturated carbocycles. The summed E-state index contributed by atoms with van der Waals surface area (Å²) in [6, 6.07) is 2.15. The average Bonchev–Trinajstić information content (AvgIpc) is 3.53. The Kier molecular flexibility index (Phi) is 8.13. The van der Waals surface area contributed by atoms with E-state index in [-0.39, 0.29) is 35.1 Å². The molecule has 4 aromatic heterocycles. The number of ether oxygens (including phenoxy) is 2. The van der Waals surface area contributed by atoms with Crippen LogP contribution in [0, 0.1) is 6.92 Å².